The molecular formula is C15H14ClF3N4O3. The lowest BCUT2D eigenvalue weighted by molar-refractivity contribution is -0.384. The molecule has 0 N–H and O–H groups in total. The Morgan fingerprint density at radius 3 is 2.73 bits per heavy atom. The van der Waals surface area contributed by atoms with Gasteiger partial charge in [-0.3, -0.25) is 10.1 Å². The number of alkyl halides is 3. The molecule has 140 valence electrons. The van der Waals surface area contributed by atoms with E-state index in [1.54, 1.807) is 11.8 Å². The molecule has 1 aromatic heterocycles. The summed E-state index contributed by atoms with van der Waals surface area (Å²) in [4.78, 5) is 16.3. The fourth-order valence-electron chi connectivity index (χ4n) is 3.04. The maximum Gasteiger partial charge on any atom is 0.418 e. The number of rotatable bonds is 3. The molecule has 1 fully saturated rings. The maximum absolute atomic E-state index is 13.0. The van der Waals surface area contributed by atoms with Crippen LogP contribution in [0.3, 0.4) is 0 Å². The molecule has 0 spiro atoms. The predicted molar refractivity (Wildman–Crippen MR) is 86.3 cm³/mol. The number of hydrogen-bond donors (Lipinski definition) is 0. The largest absolute Gasteiger partial charge is 0.418 e. The highest BCUT2D eigenvalue weighted by Crippen LogP contribution is 2.42. The molecule has 1 atom stereocenters. The monoisotopic (exact) mass is 390 g/mol. The lowest BCUT2D eigenvalue weighted by Crippen LogP contribution is -2.35. The van der Waals surface area contributed by atoms with Crippen LogP contribution in [0.1, 0.15) is 36.0 Å². The molecule has 0 bridgehead atoms. The van der Waals surface area contributed by atoms with Gasteiger partial charge in [-0.1, -0.05) is 16.8 Å². The number of aryl methyl sites for hydroxylation is 1. The Balaban J connectivity index is 1.97. The zero-order valence-electron chi connectivity index (χ0n) is 13.6. The third-order valence-electron chi connectivity index (χ3n) is 4.22. The SMILES string of the molecule is Cc1noc([C@@H]2CCCN(c3cc(Cl)c(C(F)(F)F)cc3[N+](=O)[O-])C2)n1. The maximum atomic E-state index is 13.0. The molecule has 7 nitrogen and oxygen atoms in total. The summed E-state index contributed by atoms with van der Waals surface area (Å²) in [6, 6.07) is 1.49. The summed E-state index contributed by atoms with van der Waals surface area (Å²) < 4.78 is 44.2. The first kappa shape index (κ1) is 18.4. The Bertz CT molecular complexity index is 840. The van der Waals surface area contributed by atoms with Crippen molar-refractivity contribution in [1.82, 2.24) is 10.1 Å². The topological polar surface area (TPSA) is 85.3 Å². The van der Waals surface area contributed by atoms with E-state index in [0.29, 0.717) is 37.3 Å². The summed E-state index contributed by atoms with van der Waals surface area (Å²) in [7, 11) is 0. The van der Waals surface area contributed by atoms with Crippen molar-refractivity contribution < 1.29 is 22.6 Å². The molecule has 1 aromatic carbocycles. The number of benzene rings is 1. The Kier molecular flexibility index (Phi) is 4.78. The molecule has 2 heterocycles. The first-order valence-corrected chi connectivity index (χ1v) is 8.15. The molecule has 1 aliphatic heterocycles. The van der Waals surface area contributed by atoms with Crippen molar-refractivity contribution in [2.24, 2.45) is 0 Å². The van der Waals surface area contributed by atoms with Gasteiger partial charge in [0.1, 0.15) is 5.69 Å². The number of nitro benzene ring substituents is 1. The van der Waals surface area contributed by atoms with E-state index in [0.717, 1.165) is 12.5 Å². The average Bonchev–Trinajstić information content (AvgIpc) is 3.00. The van der Waals surface area contributed by atoms with Crippen molar-refractivity contribution in [2.45, 2.75) is 31.9 Å². The molecule has 1 saturated heterocycles. The van der Waals surface area contributed by atoms with E-state index in [1.165, 1.54) is 0 Å². The van der Waals surface area contributed by atoms with E-state index in [2.05, 4.69) is 10.1 Å². The number of aromatic nitrogens is 2. The van der Waals surface area contributed by atoms with Crippen LogP contribution in [0.4, 0.5) is 24.5 Å². The van der Waals surface area contributed by atoms with E-state index >= 15 is 0 Å². The van der Waals surface area contributed by atoms with Gasteiger partial charge in [0, 0.05) is 19.2 Å². The summed E-state index contributed by atoms with van der Waals surface area (Å²) >= 11 is 5.76. The third-order valence-corrected chi connectivity index (χ3v) is 4.53. The van der Waals surface area contributed by atoms with Crippen molar-refractivity contribution in [3.63, 3.8) is 0 Å². The molecule has 1 aliphatic rings. The van der Waals surface area contributed by atoms with Crippen LogP contribution in [0, 0.1) is 17.0 Å². The summed E-state index contributed by atoms with van der Waals surface area (Å²) in [5, 5.41) is 14.5. The molecular weight excluding hydrogens is 377 g/mol. The summed E-state index contributed by atoms with van der Waals surface area (Å²) in [6.07, 6.45) is -3.37. The molecule has 3 rings (SSSR count). The molecule has 2 aromatic rings. The van der Waals surface area contributed by atoms with Crippen molar-refractivity contribution in [1.29, 1.82) is 0 Å². The van der Waals surface area contributed by atoms with Crippen LogP contribution in [0.5, 0.6) is 0 Å². The predicted octanol–water partition coefficient (Wildman–Crippen LogP) is 4.34. The van der Waals surface area contributed by atoms with E-state index in [4.69, 9.17) is 16.1 Å². The van der Waals surface area contributed by atoms with Gasteiger partial charge in [-0.25, -0.2) is 0 Å². The molecule has 0 saturated carbocycles. The number of anilines is 1. The number of hydrogen-bond acceptors (Lipinski definition) is 6. The fraction of sp³-hybridized carbons (Fsp3) is 0.467. The highest BCUT2D eigenvalue weighted by Gasteiger charge is 2.37. The van der Waals surface area contributed by atoms with E-state index in [9.17, 15) is 23.3 Å². The number of nitrogens with zero attached hydrogens (tertiary/aromatic N) is 4. The van der Waals surface area contributed by atoms with Gasteiger partial charge in [-0.15, -0.1) is 0 Å². The molecule has 0 radical (unpaired) electrons. The van der Waals surface area contributed by atoms with Crippen molar-refractivity contribution >= 4 is 23.0 Å². The highest BCUT2D eigenvalue weighted by atomic mass is 35.5. The van der Waals surface area contributed by atoms with E-state index in [-0.39, 0.29) is 11.6 Å². The second-order valence-corrected chi connectivity index (χ2v) is 6.45. The summed E-state index contributed by atoms with van der Waals surface area (Å²) in [6.45, 7) is 2.43. The summed E-state index contributed by atoms with van der Waals surface area (Å²) in [5.74, 6) is 0.721. The van der Waals surface area contributed by atoms with Gasteiger partial charge in [0.05, 0.1) is 21.4 Å². The van der Waals surface area contributed by atoms with Crippen LogP contribution in [-0.2, 0) is 6.18 Å². The third kappa shape index (κ3) is 3.59. The van der Waals surface area contributed by atoms with Gasteiger partial charge in [0.25, 0.3) is 5.69 Å². The number of piperidine rings is 1. The molecule has 26 heavy (non-hydrogen) atoms. The van der Waals surface area contributed by atoms with E-state index in [1.807, 2.05) is 0 Å². The Labute approximate surface area is 150 Å². The Morgan fingerprint density at radius 2 is 2.15 bits per heavy atom. The Hall–Kier alpha value is -2.36. The van der Waals surface area contributed by atoms with Crippen LogP contribution in [0.25, 0.3) is 0 Å². The molecule has 11 heteroatoms. The van der Waals surface area contributed by atoms with Gasteiger partial charge >= 0.3 is 6.18 Å². The minimum Gasteiger partial charge on any atom is -0.365 e. The quantitative estimate of drug-likeness (QED) is 0.572. The van der Waals surface area contributed by atoms with Crippen molar-refractivity contribution in [3.05, 3.63) is 44.5 Å². The molecule has 0 unspecified atom stereocenters. The van der Waals surface area contributed by atoms with Gasteiger partial charge in [0.15, 0.2) is 5.82 Å². The van der Waals surface area contributed by atoms with Gasteiger partial charge in [0.2, 0.25) is 5.89 Å². The van der Waals surface area contributed by atoms with Crippen LogP contribution in [0.15, 0.2) is 16.7 Å². The highest BCUT2D eigenvalue weighted by molar-refractivity contribution is 6.31. The number of nitro groups is 1. The lowest BCUT2D eigenvalue weighted by atomic mass is 9.97. The standard InChI is InChI=1S/C15H14ClF3N4O3/c1-8-20-14(26-21-8)9-3-2-4-22(7-9)12-6-11(16)10(15(17,18)19)5-13(12)23(24)25/h5-6,9H,2-4,7H2,1H3/t9-/m1/s1. The average molecular weight is 391 g/mol. The van der Waals surface area contributed by atoms with Crippen LogP contribution < -0.4 is 4.90 Å². The molecule has 0 aliphatic carbocycles. The van der Waals surface area contributed by atoms with E-state index < -0.39 is 27.4 Å². The van der Waals surface area contributed by atoms with Gasteiger partial charge in [-0.05, 0) is 25.8 Å². The Morgan fingerprint density at radius 1 is 1.42 bits per heavy atom. The second-order valence-electron chi connectivity index (χ2n) is 6.04. The van der Waals surface area contributed by atoms with Gasteiger partial charge < -0.3 is 9.42 Å². The van der Waals surface area contributed by atoms with Gasteiger partial charge in [-0.2, -0.15) is 18.2 Å². The first-order valence-electron chi connectivity index (χ1n) is 7.77. The van der Waals surface area contributed by atoms with Crippen molar-refractivity contribution in [2.75, 3.05) is 18.0 Å². The number of halogens is 4. The smallest absolute Gasteiger partial charge is 0.365 e. The summed E-state index contributed by atoms with van der Waals surface area (Å²) in [5.41, 5.74) is -1.81. The van der Waals surface area contributed by atoms with Crippen molar-refractivity contribution in [3.8, 4) is 0 Å². The lowest BCUT2D eigenvalue weighted by Gasteiger charge is -2.32. The normalized spacial score (nSPS) is 18.2. The minimum absolute atomic E-state index is 0.0499. The van der Waals surface area contributed by atoms with Crippen LogP contribution in [0.2, 0.25) is 5.02 Å². The first-order chi connectivity index (χ1) is 12.2. The zero-order valence-corrected chi connectivity index (χ0v) is 14.3. The fourth-order valence-corrected chi connectivity index (χ4v) is 3.31. The zero-order chi connectivity index (χ0) is 19.1. The molecule has 0 amide bonds. The van der Waals surface area contributed by atoms with Crippen LogP contribution in [-0.4, -0.2) is 28.2 Å². The second kappa shape index (κ2) is 6.75. The van der Waals surface area contributed by atoms with Crippen LogP contribution >= 0.6 is 11.6 Å². The minimum atomic E-state index is -4.77.